The van der Waals surface area contributed by atoms with Gasteiger partial charge in [0, 0.05) is 37.7 Å². The number of guanidine groups is 1. The van der Waals surface area contributed by atoms with Gasteiger partial charge >= 0.3 is 0 Å². The summed E-state index contributed by atoms with van der Waals surface area (Å²) in [5, 5.41) is 7.04. The maximum Gasteiger partial charge on any atom is 0.213 e. The Morgan fingerprint density at radius 1 is 1.30 bits per heavy atom. The minimum Gasteiger partial charge on any atom is -0.476 e. The fourth-order valence-corrected chi connectivity index (χ4v) is 2.02. The molecule has 0 atom stereocenters. The fraction of sp³-hybridized carbons (Fsp3) is 0.375. The van der Waals surface area contributed by atoms with Gasteiger partial charge in [0.2, 0.25) is 5.88 Å². The zero-order chi connectivity index (χ0) is 16.3. The van der Waals surface area contributed by atoms with Crippen molar-refractivity contribution in [2.45, 2.75) is 13.5 Å². The largest absolute Gasteiger partial charge is 0.476 e. The summed E-state index contributed by atoms with van der Waals surface area (Å²) in [5.41, 5.74) is 0. The van der Waals surface area contributed by atoms with E-state index in [1.807, 2.05) is 31.5 Å². The van der Waals surface area contributed by atoms with Crippen LogP contribution in [0.2, 0.25) is 5.02 Å². The zero-order valence-corrected chi connectivity index (χ0v) is 14.0. The van der Waals surface area contributed by atoms with Gasteiger partial charge < -0.3 is 19.9 Å². The molecule has 0 radical (unpaired) electrons. The number of aromatic nitrogens is 2. The van der Waals surface area contributed by atoms with Gasteiger partial charge in [0.05, 0.1) is 18.1 Å². The van der Waals surface area contributed by atoms with Crippen molar-refractivity contribution in [3.05, 3.63) is 47.9 Å². The van der Waals surface area contributed by atoms with Crippen molar-refractivity contribution in [1.82, 2.24) is 20.2 Å². The predicted molar refractivity (Wildman–Crippen MR) is 93.2 cm³/mol. The Balaban J connectivity index is 1.69. The first-order chi connectivity index (χ1) is 11.3. The van der Waals surface area contributed by atoms with Gasteiger partial charge in [0.1, 0.15) is 6.61 Å². The number of pyridine rings is 1. The normalized spacial score (nSPS) is 11.3. The van der Waals surface area contributed by atoms with Gasteiger partial charge in [-0.05, 0) is 25.1 Å². The third-order valence-corrected chi connectivity index (χ3v) is 3.21. The van der Waals surface area contributed by atoms with Crippen LogP contribution in [-0.4, -0.2) is 41.8 Å². The minimum atomic E-state index is 0.497. The third kappa shape index (κ3) is 6.61. The molecule has 0 aromatic carbocycles. The van der Waals surface area contributed by atoms with E-state index in [1.54, 1.807) is 18.3 Å². The van der Waals surface area contributed by atoms with E-state index in [1.165, 1.54) is 0 Å². The highest BCUT2D eigenvalue weighted by Gasteiger charge is 1.98. The van der Waals surface area contributed by atoms with Crippen molar-refractivity contribution in [1.29, 1.82) is 0 Å². The number of hydrogen-bond acceptors (Lipinski definition) is 3. The topological polar surface area (TPSA) is 63.5 Å². The lowest BCUT2D eigenvalue weighted by atomic mass is 10.5. The van der Waals surface area contributed by atoms with E-state index in [2.05, 4.69) is 25.2 Å². The molecular formula is C16H22ClN5O. The first-order valence-corrected chi connectivity index (χ1v) is 8.03. The van der Waals surface area contributed by atoms with Crippen molar-refractivity contribution in [3.63, 3.8) is 0 Å². The molecule has 7 heteroatoms. The van der Waals surface area contributed by atoms with Gasteiger partial charge in [0.25, 0.3) is 0 Å². The SMILES string of the molecule is CCNC(=NCCn1cccc1)NCCOc1ccc(Cl)cn1. The molecule has 2 N–H and O–H groups in total. The summed E-state index contributed by atoms with van der Waals surface area (Å²) in [6.07, 6.45) is 5.63. The smallest absolute Gasteiger partial charge is 0.213 e. The van der Waals surface area contributed by atoms with Gasteiger partial charge in [-0.25, -0.2) is 4.98 Å². The molecule has 2 heterocycles. The molecule has 0 amide bonds. The van der Waals surface area contributed by atoms with Gasteiger partial charge in [-0.15, -0.1) is 0 Å². The number of nitrogens with one attached hydrogen (secondary N) is 2. The van der Waals surface area contributed by atoms with E-state index >= 15 is 0 Å². The molecule has 0 saturated carbocycles. The van der Waals surface area contributed by atoms with Crippen molar-refractivity contribution in [2.75, 3.05) is 26.2 Å². The van der Waals surface area contributed by atoms with E-state index < -0.39 is 0 Å². The molecular weight excluding hydrogens is 314 g/mol. The summed E-state index contributed by atoms with van der Waals surface area (Å²) in [4.78, 5) is 8.61. The molecule has 2 aromatic rings. The standard InChI is InChI=1S/C16H22ClN5O/c1-2-18-16(19-7-11-22-9-3-4-10-22)20-8-12-23-15-6-5-14(17)13-21-15/h3-6,9-10,13H,2,7-8,11-12H2,1H3,(H2,18,19,20). The quantitative estimate of drug-likeness (QED) is 0.441. The van der Waals surface area contributed by atoms with Crippen LogP contribution in [0.5, 0.6) is 5.88 Å². The zero-order valence-electron chi connectivity index (χ0n) is 13.2. The van der Waals surface area contributed by atoms with Crippen LogP contribution in [0.15, 0.2) is 47.8 Å². The van der Waals surface area contributed by atoms with Crippen LogP contribution in [0.3, 0.4) is 0 Å². The summed E-state index contributed by atoms with van der Waals surface area (Å²) >= 11 is 5.78. The summed E-state index contributed by atoms with van der Waals surface area (Å²) in [5.74, 6) is 1.35. The lowest BCUT2D eigenvalue weighted by molar-refractivity contribution is 0.309. The second-order valence-electron chi connectivity index (χ2n) is 4.77. The number of aliphatic imine (C=N–C) groups is 1. The molecule has 0 aliphatic rings. The van der Waals surface area contributed by atoms with Crippen molar-refractivity contribution < 1.29 is 4.74 Å². The molecule has 0 bridgehead atoms. The highest BCUT2D eigenvalue weighted by Crippen LogP contribution is 2.10. The average Bonchev–Trinajstić information content (AvgIpc) is 3.06. The Morgan fingerprint density at radius 3 is 2.83 bits per heavy atom. The number of nitrogens with zero attached hydrogens (tertiary/aromatic N) is 3. The van der Waals surface area contributed by atoms with Crippen LogP contribution in [0.25, 0.3) is 0 Å². The Hall–Kier alpha value is -2.21. The van der Waals surface area contributed by atoms with Crippen LogP contribution in [0.4, 0.5) is 0 Å². The van der Waals surface area contributed by atoms with Crippen LogP contribution >= 0.6 is 11.6 Å². The molecule has 0 unspecified atom stereocenters. The summed E-state index contributed by atoms with van der Waals surface area (Å²) in [6, 6.07) is 7.52. The Morgan fingerprint density at radius 2 is 2.13 bits per heavy atom. The first-order valence-electron chi connectivity index (χ1n) is 7.65. The molecule has 124 valence electrons. The highest BCUT2D eigenvalue weighted by atomic mass is 35.5. The van der Waals surface area contributed by atoms with Gasteiger partial charge in [-0.3, -0.25) is 4.99 Å². The molecule has 0 fully saturated rings. The predicted octanol–water partition coefficient (Wildman–Crippen LogP) is 2.17. The van der Waals surface area contributed by atoms with Gasteiger partial charge in [-0.2, -0.15) is 0 Å². The lowest BCUT2D eigenvalue weighted by Gasteiger charge is -2.12. The fourth-order valence-electron chi connectivity index (χ4n) is 1.91. The van der Waals surface area contributed by atoms with Gasteiger partial charge in [0.15, 0.2) is 5.96 Å². The van der Waals surface area contributed by atoms with E-state index in [-0.39, 0.29) is 0 Å². The molecule has 2 rings (SSSR count). The maximum absolute atomic E-state index is 5.78. The molecule has 0 aliphatic carbocycles. The summed E-state index contributed by atoms with van der Waals surface area (Å²) in [7, 11) is 0. The second kappa shape index (κ2) is 9.74. The molecule has 23 heavy (non-hydrogen) atoms. The Kier molecular flexibility index (Phi) is 7.26. The minimum absolute atomic E-state index is 0.497. The lowest BCUT2D eigenvalue weighted by Crippen LogP contribution is -2.39. The molecule has 0 saturated heterocycles. The van der Waals surface area contributed by atoms with Crippen LogP contribution in [-0.2, 0) is 6.54 Å². The maximum atomic E-state index is 5.78. The average molecular weight is 336 g/mol. The highest BCUT2D eigenvalue weighted by molar-refractivity contribution is 6.30. The second-order valence-corrected chi connectivity index (χ2v) is 5.21. The number of rotatable bonds is 8. The van der Waals surface area contributed by atoms with E-state index in [0.717, 1.165) is 19.0 Å². The number of ether oxygens (including phenoxy) is 1. The summed E-state index contributed by atoms with van der Waals surface area (Å²) < 4.78 is 7.63. The Bertz CT molecular complexity index is 583. The molecule has 0 aliphatic heterocycles. The molecule has 0 spiro atoms. The first kappa shape index (κ1) is 17.1. The van der Waals surface area contributed by atoms with Crippen LogP contribution in [0.1, 0.15) is 6.92 Å². The summed E-state index contributed by atoms with van der Waals surface area (Å²) in [6.45, 7) is 5.56. The Labute approximate surface area is 141 Å². The van der Waals surface area contributed by atoms with Crippen LogP contribution < -0.4 is 15.4 Å². The number of halogens is 1. The van der Waals surface area contributed by atoms with E-state index in [4.69, 9.17) is 16.3 Å². The monoisotopic (exact) mass is 335 g/mol. The van der Waals surface area contributed by atoms with E-state index in [0.29, 0.717) is 30.6 Å². The molecule has 2 aromatic heterocycles. The van der Waals surface area contributed by atoms with Crippen molar-refractivity contribution >= 4 is 17.6 Å². The van der Waals surface area contributed by atoms with Crippen LogP contribution in [0, 0.1) is 0 Å². The van der Waals surface area contributed by atoms with E-state index in [9.17, 15) is 0 Å². The molecule has 6 nitrogen and oxygen atoms in total. The third-order valence-electron chi connectivity index (χ3n) is 2.98. The van der Waals surface area contributed by atoms with Crippen molar-refractivity contribution in [2.24, 2.45) is 4.99 Å². The van der Waals surface area contributed by atoms with Crippen molar-refractivity contribution in [3.8, 4) is 5.88 Å². The number of hydrogen-bond donors (Lipinski definition) is 2. The van der Waals surface area contributed by atoms with Gasteiger partial charge in [-0.1, -0.05) is 11.6 Å².